The van der Waals surface area contributed by atoms with Gasteiger partial charge in [-0.25, -0.2) is 9.18 Å². The lowest BCUT2D eigenvalue weighted by Gasteiger charge is -2.19. The van der Waals surface area contributed by atoms with Gasteiger partial charge in [-0.05, 0) is 42.2 Å². The van der Waals surface area contributed by atoms with Crippen molar-refractivity contribution in [2.24, 2.45) is 0 Å². The maximum atomic E-state index is 13.7. The summed E-state index contributed by atoms with van der Waals surface area (Å²) in [7, 11) is 1.56. The number of hydrogen-bond donors (Lipinski definition) is 2. The van der Waals surface area contributed by atoms with Crippen LogP contribution in [0, 0.1) is 5.82 Å². The molecule has 0 aliphatic heterocycles. The van der Waals surface area contributed by atoms with Crippen LogP contribution in [0.15, 0.2) is 41.0 Å². The standard InChI is InChI=1S/C17H19FN2O3/c1-22-10-15(16-6-3-9-23-16)20-17(21)19-14-8-7-11-12(14)4-2-5-13(11)18/h2-6,9,14-15H,7-8,10H2,1H3,(H2,19,20,21)/t14-,15+/m1/s1. The highest BCUT2D eigenvalue weighted by Crippen LogP contribution is 2.32. The maximum Gasteiger partial charge on any atom is 0.315 e. The van der Waals surface area contributed by atoms with Gasteiger partial charge in [0.15, 0.2) is 0 Å². The number of fused-ring (bicyclic) bond motifs is 1. The van der Waals surface area contributed by atoms with E-state index in [0.29, 0.717) is 30.8 Å². The summed E-state index contributed by atoms with van der Waals surface area (Å²) in [6, 6.07) is 7.64. The van der Waals surface area contributed by atoms with E-state index >= 15 is 0 Å². The summed E-state index contributed by atoms with van der Waals surface area (Å²) in [6.07, 6.45) is 2.87. The first-order chi connectivity index (χ1) is 11.2. The van der Waals surface area contributed by atoms with Gasteiger partial charge in [0.05, 0.1) is 18.9 Å². The molecule has 122 valence electrons. The number of furan rings is 1. The summed E-state index contributed by atoms with van der Waals surface area (Å²) in [4.78, 5) is 12.3. The van der Waals surface area contributed by atoms with Crippen LogP contribution in [0.5, 0.6) is 0 Å². The molecule has 1 heterocycles. The second-order valence-corrected chi connectivity index (χ2v) is 5.54. The summed E-state index contributed by atoms with van der Waals surface area (Å²) < 4.78 is 24.2. The van der Waals surface area contributed by atoms with Gasteiger partial charge in [-0.2, -0.15) is 0 Å². The summed E-state index contributed by atoms with van der Waals surface area (Å²) in [5.41, 5.74) is 1.54. The minimum Gasteiger partial charge on any atom is -0.467 e. The van der Waals surface area contributed by atoms with Crippen molar-refractivity contribution in [3.63, 3.8) is 0 Å². The lowest BCUT2D eigenvalue weighted by atomic mass is 10.1. The lowest BCUT2D eigenvalue weighted by Crippen LogP contribution is -2.40. The van der Waals surface area contributed by atoms with E-state index in [-0.39, 0.29) is 23.9 Å². The minimum absolute atomic E-state index is 0.180. The first-order valence-electron chi connectivity index (χ1n) is 7.55. The third-order valence-corrected chi connectivity index (χ3v) is 4.04. The molecule has 3 rings (SSSR count). The zero-order valence-electron chi connectivity index (χ0n) is 12.8. The molecule has 0 spiro atoms. The number of hydrogen-bond acceptors (Lipinski definition) is 3. The molecule has 1 aromatic heterocycles. The Kier molecular flexibility index (Phi) is 4.62. The Morgan fingerprint density at radius 2 is 2.30 bits per heavy atom. The van der Waals surface area contributed by atoms with Gasteiger partial charge in [-0.1, -0.05) is 12.1 Å². The van der Waals surface area contributed by atoms with Gasteiger partial charge in [0.2, 0.25) is 0 Å². The summed E-state index contributed by atoms with van der Waals surface area (Å²) in [5.74, 6) is 0.417. The van der Waals surface area contributed by atoms with Gasteiger partial charge in [-0.3, -0.25) is 0 Å². The fourth-order valence-electron chi connectivity index (χ4n) is 2.97. The SMILES string of the molecule is COC[C@H](NC(=O)N[C@@H]1CCc2c(F)cccc21)c1ccco1. The zero-order chi connectivity index (χ0) is 16.2. The molecule has 0 saturated carbocycles. The molecule has 0 saturated heterocycles. The molecule has 1 aliphatic carbocycles. The van der Waals surface area contributed by atoms with E-state index in [1.807, 2.05) is 6.07 Å². The van der Waals surface area contributed by atoms with Gasteiger partial charge in [0, 0.05) is 7.11 Å². The fourth-order valence-corrected chi connectivity index (χ4v) is 2.97. The highest BCUT2D eigenvalue weighted by Gasteiger charge is 2.27. The van der Waals surface area contributed by atoms with Crippen LogP contribution in [0.1, 0.15) is 35.4 Å². The van der Waals surface area contributed by atoms with Gasteiger partial charge in [0.1, 0.15) is 17.6 Å². The highest BCUT2D eigenvalue weighted by atomic mass is 19.1. The molecular formula is C17H19FN2O3. The van der Waals surface area contributed by atoms with Gasteiger partial charge >= 0.3 is 6.03 Å². The number of rotatable bonds is 5. The van der Waals surface area contributed by atoms with Crippen molar-refractivity contribution in [3.05, 3.63) is 59.3 Å². The third kappa shape index (κ3) is 3.37. The number of urea groups is 1. The molecule has 1 aliphatic rings. The lowest BCUT2D eigenvalue weighted by molar-refractivity contribution is 0.156. The van der Waals surface area contributed by atoms with Crippen LogP contribution in [0.3, 0.4) is 0 Å². The van der Waals surface area contributed by atoms with Crippen LogP contribution in [0.25, 0.3) is 0 Å². The van der Waals surface area contributed by atoms with E-state index in [1.165, 1.54) is 6.07 Å². The number of carbonyl (C=O) groups is 1. The largest absolute Gasteiger partial charge is 0.467 e. The van der Waals surface area contributed by atoms with Crippen molar-refractivity contribution < 1.29 is 18.3 Å². The van der Waals surface area contributed by atoms with E-state index in [0.717, 1.165) is 5.56 Å². The Hall–Kier alpha value is -2.34. The number of ether oxygens (including phenoxy) is 1. The normalized spacial score (nSPS) is 17.6. The van der Waals surface area contributed by atoms with Crippen LogP contribution in [0.2, 0.25) is 0 Å². The molecule has 0 bridgehead atoms. The van der Waals surface area contributed by atoms with Gasteiger partial charge < -0.3 is 19.8 Å². The van der Waals surface area contributed by atoms with Crippen molar-refractivity contribution in [3.8, 4) is 0 Å². The summed E-state index contributed by atoms with van der Waals surface area (Å²) >= 11 is 0. The molecule has 0 radical (unpaired) electrons. The first-order valence-corrected chi connectivity index (χ1v) is 7.55. The summed E-state index contributed by atoms with van der Waals surface area (Å²) in [5, 5.41) is 5.73. The molecule has 5 nitrogen and oxygen atoms in total. The molecule has 2 atom stereocenters. The molecule has 2 aromatic rings. The number of amides is 2. The molecule has 23 heavy (non-hydrogen) atoms. The quantitative estimate of drug-likeness (QED) is 0.890. The topological polar surface area (TPSA) is 63.5 Å². The number of carbonyl (C=O) groups excluding carboxylic acids is 1. The summed E-state index contributed by atoms with van der Waals surface area (Å²) in [6.45, 7) is 0.302. The highest BCUT2D eigenvalue weighted by molar-refractivity contribution is 5.75. The van der Waals surface area contributed by atoms with Gasteiger partial charge in [0.25, 0.3) is 0 Å². The predicted octanol–water partition coefficient (Wildman–Crippen LogP) is 3.09. The Morgan fingerprint density at radius 3 is 3.04 bits per heavy atom. The van der Waals surface area contributed by atoms with Crippen LogP contribution in [-0.4, -0.2) is 19.7 Å². The second kappa shape index (κ2) is 6.83. The fraction of sp³-hybridized carbons (Fsp3) is 0.353. The minimum atomic E-state index is -0.372. The van der Waals surface area contributed by atoms with Crippen LogP contribution >= 0.6 is 0 Å². The third-order valence-electron chi connectivity index (χ3n) is 4.04. The molecular weight excluding hydrogens is 299 g/mol. The second-order valence-electron chi connectivity index (χ2n) is 5.54. The van der Waals surface area contributed by atoms with E-state index < -0.39 is 0 Å². The van der Waals surface area contributed by atoms with E-state index in [4.69, 9.17) is 9.15 Å². The Morgan fingerprint density at radius 1 is 1.43 bits per heavy atom. The van der Waals surface area contributed by atoms with E-state index in [1.54, 1.807) is 31.6 Å². The average Bonchev–Trinajstić information content (AvgIpc) is 3.18. The Balaban J connectivity index is 1.65. The Labute approximate surface area is 133 Å². The average molecular weight is 318 g/mol. The molecule has 2 amide bonds. The van der Waals surface area contributed by atoms with Crippen molar-refractivity contribution >= 4 is 6.03 Å². The molecule has 0 fully saturated rings. The van der Waals surface area contributed by atoms with E-state index in [9.17, 15) is 9.18 Å². The monoisotopic (exact) mass is 318 g/mol. The Bertz CT molecular complexity index is 672. The smallest absolute Gasteiger partial charge is 0.315 e. The van der Waals surface area contributed by atoms with Gasteiger partial charge in [-0.15, -0.1) is 0 Å². The van der Waals surface area contributed by atoms with E-state index in [2.05, 4.69) is 10.6 Å². The van der Waals surface area contributed by atoms with Crippen molar-refractivity contribution in [2.45, 2.75) is 24.9 Å². The number of halogens is 1. The van der Waals surface area contributed by atoms with Crippen molar-refractivity contribution in [1.29, 1.82) is 0 Å². The predicted molar refractivity (Wildman–Crippen MR) is 82.5 cm³/mol. The molecule has 6 heteroatoms. The van der Waals surface area contributed by atoms with Crippen LogP contribution in [-0.2, 0) is 11.2 Å². The van der Waals surface area contributed by atoms with Crippen LogP contribution in [0.4, 0.5) is 9.18 Å². The number of methoxy groups -OCH3 is 1. The number of nitrogens with one attached hydrogen (secondary N) is 2. The molecule has 0 unspecified atom stereocenters. The first kappa shape index (κ1) is 15.6. The van der Waals surface area contributed by atoms with Crippen LogP contribution < -0.4 is 10.6 Å². The number of benzene rings is 1. The van der Waals surface area contributed by atoms with Crippen molar-refractivity contribution in [2.75, 3.05) is 13.7 Å². The molecule has 2 N–H and O–H groups in total. The molecule has 1 aromatic carbocycles. The zero-order valence-corrected chi connectivity index (χ0v) is 12.8. The maximum absolute atomic E-state index is 13.7. The van der Waals surface area contributed by atoms with Crippen molar-refractivity contribution in [1.82, 2.24) is 10.6 Å².